The van der Waals surface area contributed by atoms with E-state index in [1.54, 1.807) is 0 Å². The highest BCUT2D eigenvalue weighted by Gasteiger charge is 2.24. The average molecular weight is 170 g/mol. The molecule has 2 nitrogen and oxygen atoms in total. The summed E-state index contributed by atoms with van der Waals surface area (Å²) in [5, 5.41) is 7.07. The smallest absolute Gasteiger partial charge is 0.0223 e. The van der Waals surface area contributed by atoms with Gasteiger partial charge in [-0.3, -0.25) is 0 Å². The molecular formula is C10H22N2. The van der Waals surface area contributed by atoms with E-state index in [0.717, 1.165) is 12.5 Å². The van der Waals surface area contributed by atoms with E-state index in [2.05, 4.69) is 38.3 Å². The van der Waals surface area contributed by atoms with Crippen LogP contribution in [0.3, 0.4) is 0 Å². The van der Waals surface area contributed by atoms with Crippen LogP contribution in [0.1, 0.15) is 34.1 Å². The normalized spacial score (nSPS) is 32.0. The topological polar surface area (TPSA) is 24.1 Å². The van der Waals surface area contributed by atoms with E-state index < -0.39 is 0 Å². The number of hydrogen-bond donors (Lipinski definition) is 2. The van der Waals surface area contributed by atoms with Gasteiger partial charge in [0.15, 0.2) is 0 Å². The third-order valence-electron chi connectivity index (χ3n) is 2.45. The van der Waals surface area contributed by atoms with Gasteiger partial charge in [-0.05, 0) is 39.7 Å². The molecule has 1 heterocycles. The van der Waals surface area contributed by atoms with Gasteiger partial charge >= 0.3 is 0 Å². The Balaban J connectivity index is 2.39. The van der Waals surface area contributed by atoms with Crippen LogP contribution in [-0.4, -0.2) is 24.7 Å². The zero-order valence-corrected chi connectivity index (χ0v) is 8.78. The molecule has 2 atom stereocenters. The second-order valence-corrected chi connectivity index (χ2v) is 4.97. The van der Waals surface area contributed by atoms with Gasteiger partial charge in [0.25, 0.3) is 0 Å². The van der Waals surface area contributed by atoms with Gasteiger partial charge in [0.05, 0.1) is 0 Å². The summed E-state index contributed by atoms with van der Waals surface area (Å²) in [5.41, 5.74) is 0.248. The molecule has 2 heteroatoms. The fourth-order valence-electron chi connectivity index (χ4n) is 1.74. The molecule has 0 spiro atoms. The number of rotatable bonds is 1. The summed E-state index contributed by atoms with van der Waals surface area (Å²) in [5.74, 6) is 0.811. The molecule has 0 aliphatic carbocycles. The molecule has 0 amide bonds. The van der Waals surface area contributed by atoms with Crippen LogP contribution in [0.15, 0.2) is 0 Å². The van der Waals surface area contributed by atoms with Gasteiger partial charge in [-0.1, -0.05) is 6.92 Å². The Morgan fingerprint density at radius 1 is 1.33 bits per heavy atom. The Hall–Kier alpha value is -0.0800. The van der Waals surface area contributed by atoms with Crippen LogP contribution in [-0.2, 0) is 0 Å². The first-order valence-corrected chi connectivity index (χ1v) is 4.97. The predicted octanol–water partition coefficient (Wildman–Crippen LogP) is 1.37. The molecule has 1 saturated heterocycles. The molecule has 0 aromatic rings. The minimum atomic E-state index is 0.248. The molecule has 1 rings (SSSR count). The van der Waals surface area contributed by atoms with Gasteiger partial charge in [-0.25, -0.2) is 0 Å². The van der Waals surface area contributed by atoms with Crippen LogP contribution in [0.25, 0.3) is 0 Å². The summed E-state index contributed by atoms with van der Waals surface area (Å²) >= 11 is 0. The van der Waals surface area contributed by atoms with Crippen molar-refractivity contribution in [1.82, 2.24) is 10.6 Å². The molecule has 1 aliphatic heterocycles. The van der Waals surface area contributed by atoms with Crippen LogP contribution >= 0.6 is 0 Å². The first-order valence-electron chi connectivity index (χ1n) is 4.97. The molecule has 12 heavy (non-hydrogen) atoms. The van der Waals surface area contributed by atoms with Crippen molar-refractivity contribution in [3.8, 4) is 0 Å². The minimum absolute atomic E-state index is 0.248. The third-order valence-corrected chi connectivity index (χ3v) is 2.45. The first kappa shape index (κ1) is 10.0. The average Bonchev–Trinajstić information content (AvgIpc) is 1.91. The van der Waals surface area contributed by atoms with E-state index in [4.69, 9.17) is 0 Å². The SMILES string of the molecule is CC1CCNC[C@@H]1NC(C)(C)C. The zero-order chi connectivity index (χ0) is 9.19. The van der Waals surface area contributed by atoms with Crippen LogP contribution in [0, 0.1) is 5.92 Å². The summed E-state index contributed by atoms with van der Waals surface area (Å²) < 4.78 is 0. The Kier molecular flexibility index (Phi) is 3.13. The summed E-state index contributed by atoms with van der Waals surface area (Å²) in [4.78, 5) is 0. The van der Waals surface area contributed by atoms with E-state index in [1.807, 2.05) is 0 Å². The van der Waals surface area contributed by atoms with Crippen molar-refractivity contribution in [3.05, 3.63) is 0 Å². The fraction of sp³-hybridized carbons (Fsp3) is 1.00. The molecule has 2 N–H and O–H groups in total. The van der Waals surface area contributed by atoms with Gasteiger partial charge < -0.3 is 10.6 Å². The lowest BCUT2D eigenvalue weighted by atomic mass is 9.92. The standard InChI is InChI=1S/C10H22N2/c1-8-5-6-11-7-9(8)12-10(2,3)4/h8-9,11-12H,5-7H2,1-4H3/t8?,9-/m0/s1. The number of nitrogens with one attached hydrogen (secondary N) is 2. The molecule has 1 aliphatic rings. The lowest BCUT2D eigenvalue weighted by Crippen LogP contribution is -2.54. The Morgan fingerprint density at radius 2 is 2.00 bits per heavy atom. The van der Waals surface area contributed by atoms with Crippen molar-refractivity contribution in [2.45, 2.75) is 45.7 Å². The summed E-state index contributed by atoms with van der Waals surface area (Å²) in [6.07, 6.45) is 1.30. The number of hydrogen-bond acceptors (Lipinski definition) is 2. The molecule has 0 saturated carbocycles. The van der Waals surface area contributed by atoms with Crippen molar-refractivity contribution < 1.29 is 0 Å². The maximum absolute atomic E-state index is 3.65. The fourth-order valence-corrected chi connectivity index (χ4v) is 1.74. The van der Waals surface area contributed by atoms with E-state index in [0.29, 0.717) is 6.04 Å². The Labute approximate surface area is 76.1 Å². The lowest BCUT2D eigenvalue weighted by Gasteiger charge is -2.35. The van der Waals surface area contributed by atoms with Crippen LogP contribution < -0.4 is 10.6 Å². The van der Waals surface area contributed by atoms with E-state index in [-0.39, 0.29) is 5.54 Å². The van der Waals surface area contributed by atoms with Gasteiger partial charge in [0.1, 0.15) is 0 Å². The van der Waals surface area contributed by atoms with E-state index >= 15 is 0 Å². The van der Waals surface area contributed by atoms with Gasteiger partial charge in [-0.2, -0.15) is 0 Å². The second-order valence-electron chi connectivity index (χ2n) is 4.97. The maximum Gasteiger partial charge on any atom is 0.0223 e. The molecule has 1 fully saturated rings. The van der Waals surface area contributed by atoms with Crippen molar-refractivity contribution in [2.24, 2.45) is 5.92 Å². The summed E-state index contributed by atoms with van der Waals surface area (Å²) in [6.45, 7) is 11.3. The second kappa shape index (κ2) is 3.75. The van der Waals surface area contributed by atoms with Crippen molar-refractivity contribution in [2.75, 3.05) is 13.1 Å². The van der Waals surface area contributed by atoms with Gasteiger partial charge in [0.2, 0.25) is 0 Å². The highest BCUT2D eigenvalue weighted by Crippen LogP contribution is 2.14. The van der Waals surface area contributed by atoms with Gasteiger partial charge in [0, 0.05) is 18.1 Å². The van der Waals surface area contributed by atoms with Crippen molar-refractivity contribution in [1.29, 1.82) is 0 Å². The van der Waals surface area contributed by atoms with Crippen LogP contribution in [0.4, 0.5) is 0 Å². The highest BCUT2D eigenvalue weighted by molar-refractivity contribution is 4.85. The van der Waals surface area contributed by atoms with Crippen LogP contribution in [0.5, 0.6) is 0 Å². The Morgan fingerprint density at radius 3 is 2.50 bits per heavy atom. The predicted molar refractivity (Wildman–Crippen MR) is 53.3 cm³/mol. The maximum atomic E-state index is 3.65. The molecule has 0 radical (unpaired) electrons. The summed E-state index contributed by atoms with van der Waals surface area (Å²) in [7, 11) is 0. The van der Waals surface area contributed by atoms with Gasteiger partial charge in [-0.15, -0.1) is 0 Å². The van der Waals surface area contributed by atoms with E-state index in [9.17, 15) is 0 Å². The van der Waals surface area contributed by atoms with Crippen molar-refractivity contribution >= 4 is 0 Å². The van der Waals surface area contributed by atoms with Crippen LogP contribution in [0.2, 0.25) is 0 Å². The molecule has 0 aromatic carbocycles. The number of piperidine rings is 1. The molecular weight excluding hydrogens is 148 g/mol. The summed E-state index contributed by atoms with van der Waals surface area (Å²) in [6, 6.07) is 0.652. The highest BCUT2D eigenvalue weighted by atomic mass is 15.0. The van der Waals surface area contributed by atoms with Crippen molar-refractivity contribution in [3.63, 3.8) is 0 Å². The quantitative estimate of drug-likeness (QED) is 0.621. The minimum Gasteiger partial charge on any atom is -0.315 e. The third kappa shape index (κ3) is 3.11. The Bertz CT molecular complexity index is 137. The first-order chi connectivity index (χ1) is 5.49. The molecule has 72 valence electrons. The lowest BCUT2D eigenvalue weighted by molar-refractivity contribution is 0.244. The monoisotopic (exact) mass is 170 g/mol. The molecule has 0 bridgehead atoms. The zero-order valence-electron chi connectivity index (χ0n) is 8.78. The van der Waals surface area contributed by atoms with E-state index in [1.165, 1.54) is 13.0 Å². The largest absolute Gasteiger partial charge is 0.315 e. The molecule has 1 unspecified atom stereocenters. The molecule has 0 aromatic heterocycles.